The summed E-state index contributed by atoms with van der Waals surface area (Å²) in [6.45, 7) is 9.04. The molecule has 0 fully saturated rings. The van der Waals surface area contributed by atoms with Gasteiger partial charge in [-0.1, -0.05) is 53.7 Å². The Labute approximate surface area is 129 Å². The molecule has 0 unspecified atom stereocenters. The van der Waals surface area contributed by atoms with Crippen LogP contribution < -0.4 is 4.74 Å². The third kappa shape index (κ3) is 3.55. The third-order valence-corrected chi connectivity index (χ3v) is 4.05. The molecule has 126 valence electrons. The van der Waals surface area contributed by atoms with E-state index in [0.29, 0.717) is 0 Å². The number of ether oxygens (including phenoxy) is 1. The minimum Gasteiger partial charge on any atom is -0.428 e. The molecule has 1 aromatic rings. The van der Waals surface area contributed by atoms with Gasteiger partial charge in [0.05, 0.1) is 0 Å². The van der Waals surface area contributed by atoms with Crippen LogP contribution in [-0.2, 0) is 5.41 Å². The van der Waals surface area contributed by atoms with E-state index in [1.54, 1.807) is 6.07 Å². The van der Waals surface area contributed by atoms with Gasteiger partial charge < -0.3 is 4.74 Å². The zero-order valence-electron chi connectivity index (χ0n) is 13.9. The quantitative estimate of drug-likeness (QED) is 0.602. The van der Waals surface area contributed by atoms with E-state index < -0.39 is 17.4 Å². The molecule has 0 N–H and O–H groups in total. The highest BCUT2D eigenvalue weighted by molar-refractivity contribution is 5.33. The predicted octanol–water partition coefficient (Wildman–Crippen LogP) is 6.03. The van der Waals surface area contributed by atoms with Gasteiger partial charge in [0.2, 0.25) is 0 Å². The third-order valence-electron chi connectivity index (χ3n) is 4.05. The van der Waals surface area contributed by atoms with Crippen LogP contribution in [-0.4, -0.2) is 12.0 Å². The molecule has 0 heterocycles. The molecule has 0 aliphatic rings. The Bertz CT molecular complexity index is 516. The number of halogens is 4. The van der Waals surface area contributed by atoms with Crippen LogP contribution in [0.25, 0.3) is 0 Å². The normalized spacial score (nSPS) is 14.1. The monoisotopic (exact) mass is 320 g/mol. The van der Waals surface area contributed by atoms with Crippen molar-refractivity contribution in [1.82, 2.24) is 0 Å². The van der Waals surface area contributed by atoms with Crippen LogP contribution in [0, 0.1) is 5.41 Å². The SMILES string of the molecule is CCC(C)(C)c1cccc(OC(F)(F)C(F)(F)C(C)(C)C)c1. The highest BCUT2D eigenvalue weighted by atomic mass is 19.3. The minimum absolute atomic E-state index is 0.249. The van der Waals surface area contributed by atoms with E-state index in [9.17, 15) is 17.6 Å². The van der Waals surface area contributed by atoms with Crippen molar-refractivity contribution in [3.8, 4) is 5.75 Å². The van der Waals surface area contributed by atoms with E-state index in [1.807, 2.05) is 20.8 Å². The molecule has 0 spiro atoms. The Morgan fingerprint density at radius 1 is 0.955 bits per heavy atom. The van der Waals surface area contributed by atoms with E-state index in [4.69, 9.17) is 0 Å². The molecular formula is C17H24F4O. The van der Waals surface area contributed by atoms with Crippen molar-refractivity contribution in [3.05, 3.63) is 29.8 Å². The summed E-state index contributed by atoms with van der Waals surface area (Å²) < 4.78 is 60.1. The van der Waals surface area contributed by atoms with Gasteiger partial charge in [0.25, 0.3) is 0 Å². The fourth-order valence-corrected chi connectivity index (χ4v) is 1.83. The van der Waals surface area contributed by atoms with Crippen LogP contribution in [0.2, 0.25) is 0 Å². The van der Waals surface area contributed by atoms with E-state index in [-0.39, 0.29) is 11.2 Å². The second kappa shape index (κ2) is 5.74. The molecule has 22 heavy (non-hydrogen) atoms. The zero-order chi connectivity index (χ0) is 17.4. The van der Waals surface area contributed by atoms with Crippen LogP contribution >= 0.6 is 0 Å². The average molecular weight is 320 g/mol. The van der Waals surface area contributed by atoms with Crippen molar-refractivity contribution < 1.29 is 22.3 Å². The predicted molar refractivity (Wildman–Crippen MR) is 79.7 cm³/mol. The second-order valence-corrected chi connectivity index (χ2v) is 7.21. The first kappa shape index (κ1) is 18.8. The molecule has 0 amide bonds. The van der Waals surface area contributed by atoms with E-state index in [0.717, 1.165) is 32.8 Å². The largest absolute Gasteiger partial charge is 0.464 e. The van der Waals surface area contributed by atoms with Crippen molar-refractivity contribution >= 4 is 0 Å². The summed E-state index contributed by atoms with van der Waals surface area (Å²) in [7, 11) is 0. The van der Waals surface area contributed by atoms with Gasteiger partial charge in [-0.3, -0.25) is 0 Å². The minimum atomic E-state index is -4.58. The topological polar surface area (TPSA) is 9.23 Å². The molecule has 0 aromatic heterocycles. The van der Waals surface area contributed by atoms with E-state index in [2.05, 4.69) is 4.74 Å². The van der Waals surface area contributed by atoms with Crippen molar-refractivity contribution in [2.24, 2.45) is 5.41 Å². The maximum absolute atomic E-state index is 13.9. The average Bonchev–Trinajstić information content (AvgIpc) is 2.37. The Kier molecular flexibility index (Phi) is 4.91. The Morgan fingerprint density at radius 2 is 1.50 bits per heavy atom. The van der Waals surface area contributed by atoms with Gasteiger partial charge in [-0.15, -0.1) is 0 Å². The fourth-order valence-electron chi connectivity index (χ4n) is 1.83. The van der Waals surface area contributed by atoms with Gasteiger partial charge in [0.15, 0.2) is 0 Å². The summed E-state index contributed by atoms with van der Waals surface area (Å²) in [6.07, 6.45) is -3.80. The molecule has 0 aliphatic heterocycles. The van der Waals surface area contributed by atoms with E-state index >= 15 is 0 Å². The first-order chi connectivity index (χ1) is 9.74. The first-order valence-electron chi connectivity index (χ1n) is 7.30. The van der Waals surface area contributed by atoms with Gasteiger partial charge in [0.1, 0.15) is 5.75 Å². The van der Waals surface area contributed by atoms with Crippen molar-refractivity contribution in [2.75, 3.05) is 0 Å². The van der Waals surface area contributed by atoms with E-state index in [1.165, 1.54) is 18.2 Å². The summed E-state index contributed by atoms with van der Waals surface area (Å²) in [4.78, 5) is 0. The summed E-state index contributed by atoms with van der Waals surface area (Å²) in [6, 6.07) is 5.97. The summed E-state index contributed by atoms with van der Waals surface area (Å²) in [5.74, 6) is -4.55. The lowest BCUT2D eigenvalue weighted by Gasteiger charge is -2.35. The molecule has 1 rings (SSSR count). The van der Waals surface area contributed by atoms with Gasteiger partial charge in [0, 0.05) is 5.41 Å². The maximum Gasteiger partial charge on any atom is 0.464 e. The number of hydrogen-bond acceptors (Lipinski definition) is 1. The molecular weight excluding hydrogens is 296 g/mol. The van der Waals surface area contributed by atoms with Gasteiger partial charge in [-0.2, -0.15) is 17.6 Å². The molecule has 0 radical (unpaired) electrons. The standard InChI is InChI=1S/C17H24F4O/c1-7-15(5,6)12-9-8-10-13(11-12)22-17(20,21)16(18,19)14(2,3)4/h8-11H,7H2,1-6H3. The lowest BCUT2D eigenvalue weighted by Crippen LogP contribution is -2.53. The Balaban J connectivity index is 3.12. The number of hydrogen-bond donors (Lipinski definition) is 0. The van der Waals surface area contributed by atoms with Crippen LogP contribution in [0.3, 0.4) is 0 Å². The lowest BCUT2D eigenvalue weighted by molar-refractivity contribution is -0.340. The van der Waals surface area contributed by atoms with Gasteiger partial charge >= 0.3 is 12.0 Å². The number of benzene rings is 1. The van der Waals surface area contributed by atoms with Crippen molar-refractivity contribution in [3.63, 3.8) is 0 Å². The maximum atomic E-state index is 13.9. The van der Waals surface area contributed by atoms with Crippen LogP contribution in [0.4, 0.5) is 17.6 Å². The lowest BCUT2D eigenvalue weighted by atomic mass is 9.82. The molecule has 0 bridgehead atoms. The highest BCUT2D eigenvalue weighted by Gasteiger charge is 2.65. The highest BCUT2D eigenvalue weighted by Crippen LogP contribution is 2.47. The summed E-state index contributed by atoms with van der Waals surface area (Å²) in [5, 5.41) is 0. The van der Waals surface area contributed by atoms with Gasteiger partial charge in [-0.25, -0.2) is 0 Å². The molecule has 5 heteroatoms. The van der Waals surface area contributed by atoms with Crippen LogP contribution in [0.1, 0.15) is 53.5 Å². The van der Waals surface area contributed by atoms with Crippen LogP contribution in [0.5, 0.6) is 5.75 Å². The fraction of sp³-hybridized carbons (Fsp3) is 0.647. The molecule has 1 aromatic carbocycles. The second-order valence-electron chi connectivity index (χ2n) is 7.21. The summed E-state index contributed by atoms with van der Waals surface area (Å²) >= 11 is 0. The number of rotatable bonds is 5. The molecule has 0 atom stereocenters. The van der Waals surface area contributed by atoms with Crippen LogP contribution in [0.15, 0.2) is 24.3 Å². The number of alkyl halides is 4. The molecule has 0 aliphatic carbocycles. The first-order valence-corrected chi connectivity index (χ1v) is 7.30. The van der Waals surface area contributed by atoms with Crippen molar-refractivity contribution in [2.45, 2.75) is 65.4 Å². The smallest absolute Gasteiger partial charge is 0.428 e. The summed E-state index contributed by atoms with van der Waals surface area (Å²) in [5.41, 5.74) is -1.40. The Hall–Kier alpha value is -1.26. The molecule has 0 saturated heterocycles. The van der Waals surface area contributed by atoms with Gasteiger partial charge in [-0.05, 0) is 29.5 Å². The zero-order valence-corrected chi connectivity index (χ0v) is 13.9. The Morgan fingerprint density at radius 3 is 1.95 bits per heavy atom. The van der Waals surface area contributed by atoms with Crippen molar-refractivity contribution in [1.29, 1.82) is 0 Å². The molecule has 0 saturated carbocycles. The molecule has 1 nitrogen and oxygen atoms in total.